The van der Waals surface area contributed by atoms with Gasteiger partial charge in [-0.2, -0.15) is 4.72 Å². The molecular weight excluding hydrogens is 404 g/mol. The Morgan fingerprint density at radius 2 is 1.70 bits per heavy atom. The molecule has 3 rings (SSSR count). The Bertz CT molecular complexity index is 989. The molecule has 0 aliphatic carbocycles. The lowest BCUT2D eigenvalue weighted by atomic mass is 10.1. The van der Waals surface area contributed by atoms with Gasteiger partial charge >= 0.3 is 0 Å². The summed E-state index contributed by atoms with van der Waals surface area (Å²) in [5.74, 6) is -0.443. The summed E-state index contributed by atoms with van der Waals surface area (Å²) >= 11 is 6.96. The van der Waals surface area contributed by atoms with E-state index in [0.29, 0.717) is 10.7 Å². The van der Waals surface area contributed by atoms with Crippen LogP contribution >= 0.6 is 22.9 Å². The second-order valence-electron chi connectivity index (χ2n) is 5.79. The van der Waals surface area contributed by atoms with Crippen LogP contribution in [0.25, 0.3) is 0 Å². The Labute approximate surface area is 167 Å². The predicted octanol–water partition coefficient (Wildman–Crippen LogP) is 3.93. The number of halogens is 1. The summed E-state index contributed by atoms with van der Waals surface area (Å²) in [6, 6.07) is 18.1. The van der Waals surface area contributed by atoms with E-state index in [2.05, 4.69) is 10.0 Å². The van der Waals surface area contributed by atoms with E-state index in [0.717, 1.165) is 16.9 Å². The highest BCUT2D eigenvalue weighted by Crippen LogP contribution is 2.18. The Kier molecular flexibility index (Phi) is 6.28. The quantitative estimate of drug-likeness (QED) is 0.608. The summed E-state index contributed by atoms with van der Waals surface area (Å²) in [6.45, 7) is 0. The highest BCUT2D eigenvalue weighted by atomic mass is 35.5. The number of thiophene rings is 1. The second-order valence-corrected chi connectivity index (χ2v) is 9.12. The SMILES string of the molecule is O=C(Nc1ccc(Cl)cc1)C(Cc1ccccc1)NS(=O)(=O)c1cccs1. The standard InChI is InChI=1S/C19H17ClN2O3S2/c20-15-8-10-16(11-9-15)21-19(23)17(13-14-5-2-1-3-6-14)22-27(24,25)18-7-4-12-26-18/h1-12,17,22H,13H2,(H,21,23). The molecule has 140 valence electrons. The fourth-order valence-electron chi connectivity index (χ4n) is 2.46. The molecule has 3 aromatic rings. The van der Waals surface area contributed by atoms with Crippen LogP contribution in [0.4, 0.5) is 5.69 Å². The third kappa shape index (κ3) is 5.40. The number of carbonyl (C=O) groups is 1. The molecule has 1 atom stereocenters. The zero-order chi connectivity index (χ0) is 19.3. The Morgan fingerprint density at radius 3 is 2.33 bits per heavy atom. The van der Waals surface area contributed by atoms with Crippen LogP contribution < -0.4 is 10.0 Å². The maximum atomic E-state index is 12.8. The van der Waals surface area contributed by atoms with Gasteiger partial charge in [0, 0.05) is 10.7 Å². The van der Waals surface area contributed by atoms with Gasteiger partial charge in [-0.15, -0.1) is 11.3 Å². The molecule has 1 amide bonds. The molecule has 1 heterocycles. The van der Waals surface area contributed by atoms with Crippen LogP contribution in [0.2, 0.25) is 5.02 Å². The maximum absolute atomic E-state index is 12.8. The summed E-state index contributed by atoms with van der Waals surface area (Å²) in [5.41, 5.74) is 1.39. The first-order chi connectivity index (χ1) is 12.9. The predicted molar refractivity (Wildman–Crippen MR) is 109 cm³/mol. The van der Waals surface area contributed by atoms with E-state index in [1.54, 1.807) is 35.7 Å². The molecule has 1 aromatic heterocycles. The zero-order valence-corrected chi connectivity index (χ0v) is 16.5. The van der Waals surface area contributed by atoms with Crippen molar-refractivity contribution in [2.75, 3.05) is 5.32 Å². The lowest BCUT2D eigenvalue weighted by molar-refractivity contribution is -0.117. The number of anilines is 1. The molecule has 2 aromatic carbocycles. The normalized spacial score (nSPS) is 12.5. The molecule has 0 fully saturated rings. The topological polar surface area (TPSA) is 75.3 Å². The van der Waals surface area contributed by atoms with E-state index in [-0.39, 0.29) is 10.6 Å². The fraction of sp³-hybridized carbons (Fsp3) is 0.105. The number of nitrogens with one attached hydrogen (secondary N) is 2. The first kappa shape index (κ1) is 19.6. The zero-order valence-electron chi connectivity index (χ0n) is 14.1. The van der Waals surface area contributed by atoms with E-state index in [4.69, 9.17) is 11.6 Å². The maximum Gasteiger partial charge on any atom is 0.250 e. The van der Waals surface area contributed by atoms with Gasteiger partial charge in [-0.1, -0.05) is 48.0 Å². The minimum Gasteiger partial charge on any atom is -0.325 e. The van der Waals surface area contributed by atoms with E-state index in [1.807, 2.05) is 30.3 Å². The molecule has 2 N–H and O–H groups in total. The molecule has 0 spiro atoms. The summed E-state index contributed by atoms with van der Waals surface area (Å²) < 4.78 is 27.9. The molecule has 5 nitrogen and oxygen atoms in total. The Hall–Kier alpha value is -2.19. The van der Waals surface area contributed by atoms with Crippen LogP contribution in [-0.4, -0.2) is 20.4 Å². The molecule has 8 heteroatoms. The number of rotatable bonds is 7. The monoisotopic (exact) mass is 420 g/mol. The minimum absolute atomic E-state index is 0.167. The van der Waals surface area contributed by atoms with Gasteiger partial charge in [0.15, 0.2) is 0 Å². The average Bonchev–Trinajstić information content (AvgIpc) is 3.19. The summed E-state index contributed by atoms with van der Waals surface area (Å²) in [7, 11) is -3.79. The molecule has 0 bridgehead atoms. The van der Waals surface area contributed by atoms with Crippen LogP contribution in [0.1, 0.15) is 5.56 Å². The Morgan fingerprint density at radius 1 is 1.00 bits per heavy atom. The van der Waals surface area contributed by atoms with Crippen molar-refractivity contribution in [3.63, 3.8) is 0 Å². The van der Waals surface area contributed by atoms with Crippen LogP contribution in [0.5, 0.6) is 0 Å². The summed E-state index contributed by atoms with van der Waals surface area (Å²) in [6.07, 6.45) is 0.227. The lowest BCUT2D eigenvalue weighted by Gasteiger charge is -2.18. The highest BCUT2D eigenvalue weighted by molar-refractivity contribution is 7.91. The Balaban J connectivity index is 1.82. The molecule has 27 heavy (non-hydrogen) atoms. The van der Waals surface area contributed by atoms with E-state index in [1.165, 1.54) is 6.07 Å². The molecule has 0 aliphatic rings. The molecule has 0 saturated carbocycles. The smallest absolute Gasteiger partial charge is 0.250 e. The van der Waals surface area contributed by atoms with E-state index >= 15 is 0 Å². The van der Waals surface area contributed by atoms with Crippen LogP contribution in [0, 0.1) is 0 Å². The molecule has 0 radical (unpaired) electrons. The van der Waals surface area contributed by atoms with E-state index < -0.39 is 22.0 Å². The third-order valence-electron chi connectivity index (χ3n) is 3.77. The minimum atomic E-state index is -3.79. The van der Waals surface area contributed by atoms with Gasteiger partial charge in [0.25, 0.3) is 10.0 Å². The van der Waals surface area contributed by atoms with Crippen molar-refractivity contribution in [3.8, 4) is 0 Å². The summed E-state index contributed by atoms with van der Waals surface area (Å²) in [5, 5.41) is 4.96. The van der Waals surface area contributed by atoms with Gasteiger partial charge in [-0.3, -0.25) is 4.79 Å². The van der Waals surface area contributed by atoms with Crippen LogP contribution in [-0.2, 0) is 21.2 Å². The van der Waals surface area contributed by atoms with Crippen molar-refractivity contribution in [1.29, 1.82) is 0 Å². The average molecular weight is 421 g/mol. The van der Waals surface area contributed by atoms with Crippen LogP contribution in [0.3, 0.4) is 0 Å². The third-order valence-corrected chi connectivity index (χ3v) is 6.89. The van der Waals surface area contributed by atoms with Crippen molar-refractivity contribution in [1.82, 2.24) is 4.72 Å². The molecule has 1 unspecified atom stereocenters. The van der Waals surface area contributed by atoms with E-state index in [9.17, 15) is 13.2 Å². The van der Waals surface area contributed by atoms with Crippen molar-refractivity contribution < 1.29 is 13.2 Å². The first-order valence-electron chi connectivity index (χ1n) is 8.10. The van der Waals surface area contributed by atoms with Crippen molar-refractivity contribution in [2.24, 2.45) is 0 Å². The number of hydrogen-bond acceptors (Lipinski definition) is 4. The van der Waals surface area contributed by atoms with Crippen LogP contribution in [0.15, 0.2) is 76.3 Å². The highest BCUT2D eigenvalue weighted by Gasteiger charge is 2.26. The number of hydrogen-bond donors (Lipinski definition) is 2. The summed E-state index contributed by atoms with van der Waals surface area (Å²) in [4.78, 5) is 12.8. The van der Waals surface area contributed by atoms with Crippen molar-refractivity contribution in [2.45, 2.75) is 16.7 Å². The van der Waals surface area contributed by atoms with Gasteiger partial charge in [0.2, 0.25) is 5.91 Å². The van der Waals surface area contributed by atoms with Gasteiger partial charge < -0.3 is 5.32 Å². The van der Waals surface area contributed by atoms with Crippen molar-refractivity contribution >= 4 is 44.6 Å². The number of carbonyl (C=O) groups excluding carboxylic acids is 1. The van der Waals surface area contributed by atoms with Crippen molar-refractivity contribution in [3.05, 3.63) is 82.7 Å². The largest absolute Gasteiger partial charge is 0.325 e. The van der Waals surface area contributed by atoms with Gasteiger partial charge in [-0.05, 0) is 47.7 Å². The first-order valence-corrected chi connectivity index (χ1v) is 10.8. The van der Waals surface area contributed by atoms with Gasteiger partial charge in [0.1, 0.15) is 10.3 Å². The lowest BCUT2D eigenvalue weighted by Crippen LogP contribution is -2.45. The fourth-order valence-corrected chi connectivity index (χ4v) is 4.79. The van der Waals surface area contributed by atoms with Gasteiger partial charge in [0.05, 0.1) is 0 Å². The number of sulfonamides is 1. The molecular formula is C19H17ClN2O3S2. The van der Waals surface area contributed by atoms with Gasteiger partial charge in [-0.25, -0.2) is 8.42 Å². The molecule has 0 saturated heterocycles. The second kappa shape index (κ2) is 8.67. The molecule has 0 aliphatic heterocycles. The number of benzene rings is 2. The number of amides is 1.